The molecule has 1 aromatic carbocycles. The van der Waals surface area contributed by atoms with Crippen molar-refractivity contribution in [2.75, 3.05) is 11.9 Å². The van der Waals surface area contributed by atoms with Crippen molar-refractivity contribution < 1.29 is 18.7 Å². The number of halogens is 2. The van der Waals surface area contributed by atoms with Gasteiger partial charge in [-0.05, 0) is 53.8 Å². The van der Waals surface area contributed by atoms with E-state index in [2.05, 4.69) is 15.6 Å². The van der Waals surface area contributed by atoms with Crippen LogP contribution in [0.1, 0.15) is 17.5 Å². The number of benzene rings is 1. The van der Waals surface area contributed by atoms with Crippen LogP contribution in [0.2, 0.25) is 0 Å². The van der Waals surface area contributed by atoms with Gasteiger partial charge in [-0.2, -0.15) is 0 Å². The zero-order valence-electron chi connectivity index (χ0n) is 13.2. The average molecular weight is 455 g/mol. The van der Waals surface area contributed by atoms with Gasteiger partial charge in [0.15, 0.2) is 0 Å². The number of anilines is 2. The number of aromatic nitrogens is 1. The molecule has 0 aliphatic heterocycles. The molecule has 8 heteroatoms. The maximum atomic E-state index is 14.2. The number of carbonyl (C=O) groups excluding carboxylic acids is 1. The maximum Gasteiger partial charge on any atom is 0.289 e. The lowest BCUT2D eigenvalue weighted by molar-refractivity contribution is 0.0897. The molecular formula is C17H15FIN3O3. The van der Waals surface area contributed by atoms with Crippen LogP contribution in [0.4, 0.5) is 15.8 Å². The molecule has 3 aromatic rings. The van der Waals surface area contributed by atoms with Crippen LogP contribution in [-0.4, -0.2) is 28.6 Å². The predicted octanol–water partition coefficient (Wildman–Crippen LogP) is 3.43. The fourth-order valence-corrected chi connectivity index (χ4v) is 2.74. The SMILES string of the molecule is CC(CO)NC(=O)c1oc2ccncc2c1Nc1ccc(I)cc1F. The van der Waals surface area contributed by atoms with Crippen molar-refractivity contribution in [3.63, 3.8) is 0 Å². The molecule has 0 aliphatic carbocycles. The number of nitrogens with one attached hydrogen (secondary N) is 2. The van der Waals surface area contributed by atoms with E-state index in [1.54, 1.807) is 31.3 Å². The second-order valence-corrected chi connectivity index (χ2v) is 6.73. The van der Waals surface area contributed by atoms with Crippen molar-refractivity contribution in [2.45, 2.75) is 13.0 Å². The number of pyridine rings is 1. The molecule has 0 saturated heterocycles. The van der Waals surface area contributed by atoms with Crippen molar-refractivity contribution in [3.05, 3.63) is 51.8 Å². The van der Waals surface area contributed by atoms with E-state index in [0.717, 1.165) is 3.57 Å². The fraction of sp³-hybridized carbons (Fsp3) is 0.176. The molecule has 0 aliphatic rings. The molecule has 0 spiro atoms. The first-order valence-electron chi connectivity index (χ1n) is 7.50. The highest BCUT2D eigenvalue weighted by Crippen LogP contribution is 2.33. The van der Waals surface area contributed by atoms with Gasteiger partial charge in [0.25, 0.3) is 5.91 Å². The van der Waals surface area contributed by atoms with E-state index in [9.17, 15) is 9.18 Å². The van der Waals surface area contributed by atoms with Crippen LogP contribution in [0.5, 0.6) is 0 Å². The van der Waals surface area contributed by atoms with Gasteiger partial charge in [-0.1, -0.05) is 0 Å². The van der Waals surface area contributed by atoms with Gasteiger partial charge in [-0.3, -0.25) is 9.78 Å². The molecular weight excluding hydrogens is 440 g/mol. The molecule has 1 unspecified atom stereocenters. The van der Waals surface area contributed by atoms with Crippen LogP contribution in [-0.2, 0) is 0 Å². The molecule has 0 fully saturated rings. The molecule has 6 nitrogen and oxygen atoms in total. The summed E-state index contributed by atoms with van der Waals surface area (Å²) >= 11 is 2.02. The lowest BCUT2D eigenvalue weighted by Crippen LogP contribution is -2.35. The van der Waals surface area contributed by atoms with Crippen LogP contribution in [0.15, 0.2) is 41.1 Å². The summed E-state index contributed by atoms with van der Waals surface area (Å²) in [6, 6.07) is 5.90. The first-order valence-corrected chi connectivity index (χ1v) is 8.57. The number of aliphatic hydroxyl groups is 1. The summed E-state index contributed by atoms with van der Waals surface area (Å²) in [6.07, 6.45) is 3.08. The number of hydrogen-bond donors (Lipinski definition) is 3. The Labute approximate surface area is 156 Å². The lowest BCUT2D eigenvalue weighted by Gasteiger charge is -2.11. The van der Waals surface area contributed by atoms with Crippen molar-refractivity contribution >= 4 is 50.8 Å². The molecule has 3 rings (SSSR count). The Bertz CT molecular complexity index is 929. The predicted molar refractivity (Wildman–Crippen MR) is 100 cm³/mol. The summed E-state index contributed by atoms with van der Waals surface area (Å²) in [5.41, 5.74) is 0.993. The number of carbonyl (C=O) groups is 1. The summed E-state index contributed by atoms with van der Waals surface area (Å²) in [7, 11) is 0. The molecule has 1 amide bonds. The Hall–Kier alpha value is -2.20. The summed E-state index contributed by atoms with van der Waals surface area (Å²) in [4.78, 5) is 16.5. The van der Waals surface area contributed by atoms with Gasteiger partial charge < -0.3 is 20.2 Å². The monoisotopic (exact) mass is 455 g/mol. The second-order valence-electron chi connectivity index (χ2n) is 5.48. The van der Waals surface area contributed by atoms with E-state index < -0.39 is 17.8 Å². The Morgan fingerprint density at radius 1 is 1.44 bits per heavy atom. The Kier molecular flexibility index (Phi) is 5.19. The standard InChI is InChI=1S/C17H15FIN3O3/c1-9(8-23)21-17(24)16-15(11-7-20-5-4-14(11)25-16)22-13-3-2-10(19)6-12(13)18/h2-7,9,22-23H,8H2,1H3,(H,21,24). The molecule has 2 heterocycles. The minimum atomic E-state index is -0.508. The van der Waals surface area contributed by atoms with E-state index >= 15 is 0 Å². The van der Waals surface area contributed by atoms with Crippen LogP contribution in [0.25, 0.3) is 11.0 Å². The third-order valence-corrected chi connectivity index (χ3v) is 4.21. The third-order valence-electron chi connectivity index (χ3n) is 3.54. The Morgan fingerprint density at radius 3 is 2.96 bits per heavy atom. The van der Waals surface area contributed by atoms with Crippen LogP contribution in [0, 0.1) is 9.39 Å². The molecule has 0 saturated carbocycles. The Balaban J connectivity index is 2.05. The number of amides is 1. The van der Waals surface area contributed by atoms with Crippen molar-refractivity contribution in [1.82, 2.24) is 10.3 Å². The minimum Gasteiger partial charge on any atom is -0.448 e. The van der Waals surface area contributed by atoms with Crippen molar-refractivity contribution in [3.8, 4) is 0 Å². The summed E-state index contributed by atoms with van der Waals surface area (Å²) in [5, 5.41) is 15.2. The lowest BCUT2D eigenvalue weighted by atomic mass is 10.2. The summed E-state index contributed by atoms with van der Waals surface area (Å²) < 4.78 is 20.6. The van der Waals surface area contributed by atoms with Crippen molar-refractivity contribution in [1.29, 1.82) is 0 Å². The van der Waals surface area contributed by atoms with E-state index in [1.165, 1.54) is 12.3 Å². The molecule has 25 heavy (non-hydrogen) atoms. The van der Waals surface area contributed by atoms with Gasteiger partial charge in [0.1, 0.15) is 17.1 Å². The van der Waals surface area contributed by atoms with Gasteiger partial charge in [0.05, 0.1) is 17.7 Å². The van der Waals surface area contributed by atoms with E-state index in [-0.39, 0.29) is 18.1 Å². The smallest absolute Gasteiger partial charge is 0.289 e. The first-order chi connectivity index (χ1) is 12.0. The van der Waals surface area contributed by atoms with Crippen molar-refractivity contribution in [2.24, 2.45) is 0 Å². The zero-order chi connectivity index (χ0) is 18.0. The third kappa shape index (κ3) is 3.74. The fourth-order valence-electron chi connectivity index (χ4n) is 2.29. The number of fused-ring (bicyclic) bond motifs is 1. The van der Waals surface area contributed by atoms with E-state index in [4.69, 9.17) is 9.52 Å². The maximum absolute atomic E-state index is 14.2. The van der Waals surface area contributed by atoms with E-state index in [1.807, 2.05) is 22.6 Å². The van der Waals surface area contributed by atoms with Crippen LogP contribution in [0.3, 0.4) is 0 Å². The number of aliphatic hydroxyl groups excluding tert-OH is 1. The van der Waals surface area contributed by atoms with Crippen LogP contribution < -0.4 is 10.6 Å². The number of nitrogens with zero attached hydrogens (tertiary/aromatic N) is 1. The minimum absolute atomic E-state index is 0.00116. The van der Waals surface area contributed by atoms with Gasteiger partial charge >= 0.3 is 0 Å². The molecule has 130 valence electrons. The van der Waals surface area contributed by atoms with E-state index in [0.29, 0.717) is 16.7 Å². The Morgan fingerprint density at radius 2 is 2.24 bits per heavy atom. The zero-order valence-corrected chi connectivity index (χ0v) is 15.4. The molecule has 0 radical (unpaired) electrons. The molecule has 0 bridgehead atoms. The summed E-state index contributed by atoms with van der Waals surface area (Å²) in [5.74, 6) is -0.951. The molecule has 3 N–H and O–H groups in total. The molecule has 2 aromatic heterocycles. The van der Waals surface area contributed by atoms with Gasteiger partial charge in [-0.25, -0.2) is 4.39 Å². The summed E-state index contributed by atoms with van der Waals surface area (Å²) in [6.45, 7) is 1.45. The van der Waals surface area contributed by atoms with Gasteiger partial charge in [0.2, 0.25) is 5.76 Å². The number of rotatable bonds is 5. The van der Waals surface area contributed by atoms with Gasteiger partial charge in [0, 0.05) is 22.0 Å². The van der Waals surface area contributed by atoms with Gasteiger partial charge in [-0.15, -0.1) is 0 Å². The quantitative estimate of drug-likeness (QED) is 0.514. The average Bonchev–Trinajstić information content (AvgIpc) is 2.96. The number of hydrogen-bond acceptors (Lipinski definition) is 5. The number of furan rings is 1. The normalized spacial score (nSPS) is 12.2. The highest BCUT2D eigenvalue weighted by Gasteiger charge is 2.22. The molecule has 1 atom stereocenters. The topological polar surface area (TPSA) is 87.4 Å². The second kappa shape index (κ2) is 7.36. The first kappa shape index (κ1) is 17.6. The largest absolute Gasteiger partial charge is 0.448 e. The highest BCUT2D eigenvalue weighted by molar-refractivity contribution is 14.1. The van der Waals surface area contributed by atoms with Crippen LogP contribution >= 0.6 is 22.6 Å². The highest BCUT2D eigenvalue weighted by atomic mass is 127.